The minimum absolute atomic E-state index is 0.863. The van der Waals surface area contributed by atoms with E-state index in [0.29, 0.717) is 0 Å². The van der Waals surface area contributed by atoms with Crippen LogP contribution in [0.15, 0.2) is 0 Å². The van der Waals surface area contributed by atoms with Gasteiger partial charge in [0.2, 0.25) is 0 Å². The van der Waals surface area contributed by atoms with E-state index in [0.717, 1.165) is 12.3 Å². The molecule has 0 spiro atoms. The molecule has 0 bridgehead atoms. The fraction of sp³-hybridized carbons (Fsp3) is 0.857. The maximum absolute atomic E-state index is 3.76. The molecule has 0 saturated carbocycles. The lowest BCUT2D eigenvalue weighted by Gasteiger charge is -1.96. The Morgan fingerprint density at radius 1 is 1.43 bits per heavy atom. The Labute approximate surface area is 46.9 Å². The standard InChI is InChI=1S/C7H15/c1-4-5-6-7(2)3/h7H,1,4-6H2,2-3H3/q+1. The molecular weight excluding hydrogens is 84.1 g/mol. The van der Waals surface area contributed by atoms with Gasteiger partial charge >= 0.3 is 0 Å². The molecule has 0 rings (SSSR count). The number of rotatable bonds is 3. The zero-order valence-corrected chi connectivity index (χ0v) is 5.41. The van der Waals surface area contributed by atoms with Crippen molar-refractivity contribution in [2.45, 2.75) is 33.1 Å². The molecule has 7 heavy (non-hydrogen) atoms. The van der Waals surface area contributed by atoms with Crippen molar-refractivity contribution in [2.75, 3.05) is 0 Å². The van der Waals surface area contributed by atoms with Crippen LogP contribution < -0.4 is 0 Å². The Morgan fingerprint density at radius 2 is 2.00 bits per heavy atom. The molecule has 0 aliphatic heterocycles. The lowest BCUT2D eigenvalue weighted by atomic mass is 10.1. The molecule has 0 aliphatic rings. The first kappa shape index (κ1) is 6.87. The molecule has 0 nitrogen and oxygen atoms in total. The fourth-order valence-electron chi connectivity index (χ4n) is 0.553. The second-order valence-electron chi connectivity index (χ2n) is 2.39. The van der Waals surface area contributed by atoms with E-state index < -0.39 is 0 Å². The number of unbranched alkanes of at least 4 members (excludes halogenated alkanes) is 1. The highest BCUT2D eigenvalue weighted by atomic mass is 13.9. The third-order valence-corrected chi connectivity index (χ3v) is 1.03. The van der Waals surface area contributed by atoms with E-state index in [1.54, 1.807) is 0 Å². The molecule has 0 heterocycles. The summed E-state index contributed by atoms with van der Waals surface area (Å²) in [6, 6.07) is 0. The highest BCUT2D eigenvalue weighted by Crippen LogP contribution is 2.04. The van der Waals surface area contributed by atoms with Gasteiger partial charge in [-0.2, -0.15) is 0 Å². The summed E-state index contributed by atoms with van der Waals surface area (Å²) in [5.41, 5.74) is 0. The predicted octanol–water partition coefficient (Wildman–Crippen LogP) is 2.65. The van der Waals surface area contributed by atoms with Crippen molar-refractivity contribution < 1.29 is 0 Å². The van der Waals surface area contributed by atoms with Crippen LogP contribution in [-0.2, 0) is 0 Å². The lowest BCUT2D eigenvalue weighted by molar-refractivity contribution is 0.559. The van der Waals surface area contributed by atoms with Crippen molar-refractivity contribution in [3.05, 3.63) is 6.92 Å². The van der Waals surface area contributed by atoms with Gasteiger partial charge in [0.1, 0.15) is 0 Å². The van der Waals surface area contributed by atoms with E-state index in [9.17, 15) is 0 Å². The first-order valence-electron chi connectivity index (χ1n) is 3.06. The van der Waals surface area contributed by atoms with E-state index in [-0.39, 0.29) is 0 Å². The summed E-state index contributed by atoms with van der Waals surface area (Å²) < 4.78 is 0. The third-order valence-electron chi connectivity index (χ3n) is 1.03. The van der Waals surface area contributed by atoms with Gasteiger partial charge < -0.3 is 0 Å². The van der Waals surface area contributed by atoms with Gasteiger partial charge in [0.25, 0.3) is 0 Å². The van der Waals surface area contributed by atoms with Crippen molar-refractivity contribution >= 4 is 0 Å². The molecule has 0 saturated heterocycles. The summed E-state index contributed by atoms with van der Waals surface area (Å²) in [4.78, 5) is 0. The van der Waals surface area contributed by atoms with Crippen LogP contribution in [0.1, 0.15) is 33.1 Å². The normalized spacial score (nSPS) is 10.1. The summed E-state index contributed by atoms with van der Waals surface area (Å²) >= 11 is 0. The van der Waals surface area contributed by atoms with E-state index >= 15 is 0 Å². The molecule has 0 aromatic rings. The van der Waals surface area contributed by atoms with Gasteiger partial charge in [-0.15, -0.1) is 0 Å². The van der Waals surface area contributed by atoms with Crippen LogP contribution >= 0.6 is 0 Å². The van der Waals surface area contributed by atoms with E-state index in [1.165, 1.54) is 12.8 Å². The largest absolute Gasteiger partial charge is 0.0850 e. The van der Waals surface area contributed by atoms with Crippen molar-refractivity contribution in [3.63, 3.8) is 0 Å². The SMILES string of the molecule is [CH2+]CCCC(C)C. The van der Waals surface area contributed by atoms with Gasteiger partial charge in [-0.05, 0) is 18.8 Å². The van der Waals surface area contributed by atoms with Gasteiger partial charge in [-0.3, -0.25) is 0 Å². The highest BCUT2D eigenvalue weighted by molar-refractivity contribution is 4.46. The molecule has 0 amide bonds. The summed E-state index contributed by atoms with van der Waals surface area (Å²) in [5.74, 6) is 0.863. The molecule has 0 unspecified atom stereocenters. The molecule has 0 atom stereocenters. The van der Waals surface area contributed by atoms with Gasteiger partial charge in [-0.25, -0.2) is 0 Å². The molecule has 0 N–H and O–H groups in total. The zero-order valence-electron chi connectivity index (χ0n) is 5.41. The molecule has 0 fully saturated rings. The number of hydrogen-bond donors (Lipinski definition) is 0. The van der Waals surface area contributed by atoms with Gasteiger partial charge in [0, 0.05) is 0 Å². The van der Waals surface area contributed by atoms with Crippen molar-refractivity contribution in [3.8, 4) is 0 Å². The third kappa shape index (κ3) is 5.87. The summed E-state index contributed by atoms with van der Waals surface area (Å²) in [6.45, 7) is 8.25. The second kappa shape index (κ2) is 4.04. The Bertz CT molecular complexity index is 29.0. The maximum atomic E-state index is 3.76. The summed E-state index contributed by atoms with van der Waals surface area (Å²) in [6.07, 6.45) is 3.72. The quantitative estimate of drug-likeness (QED) is 0.477. The fourth-order valence-corrected chi connectivity index (χ4v) is 0.553. The Kier molecular flexibility index (Phi) is 3.97. The van der Waals surface area contributed by atoms with Crippen LogP contribution in [0.2, 0.25) is 0 Å². The molecular formula is C7H15+. The predicted molar refractivity (Wildman–Crippen MR) is 34.0 cm³/mol. The minimum atomic E-state index is 0.863. The highest BCUT2D eigenvalue weighted by Gasteiger charge is 1.91. The average Bonchev–Trinajstić information content (AvgIpc) is 1.61. The Balaban J connectivity index is 2.68. The van der Waals surface area contributed by atoms with E-state index in [4.69, 9.17) is 0 Å². The van der Waals surface area contributed by atoms with Crippen LogP contribution in [0.5, 0.6) is 0 Å². The summed E-state index contributed by atoms with van der Waals surface area (Å²) in [7, 11) is 0. The monoisotopic (exact) mass is 99.1 g/mol. The molecule has 0 aromatic carbocycles. The van der Waals surface area contributed by atoms with Gasteiger partial charge in [-0.1, -0.05) is 13.8 Å². The van der Waals surface area contributed by atoms with Gasteiger partial charge in [0.05, 0.1) is 13.3 Å². The van der Waals surface area contributed by atoms with Crippen LogP contribution in [0.3, 0.4) is 0 Å². The minimum Gasteiger partial charge on any atom is -0.0628 e. The van der Waals surface area contributed by atoms with Crippen molar-refractivity contribution in [2.24, 2.45) is 5.92 Å². The summed E-state index contributed by atoms with van der Waals surface area (Å²) in [5, 5.41) is 0. The van der Waals surface area contributed by atoms with Crippen molar-refractivity contribution in [1.29, 1.82) is 0 Å². The van der Waals surface area contributed by atoms with Crippen LogP contribution in [0.25, 0.3) is 0 Å². The molecule has 0 heteroatoms. The Morgan fingerprint density at radius 3 is 2.14 bits per heavy atom. The van der Waals surface area contributed by atoms with Crippen LogP contribution in [0, 0.1) is 12.8 Å². The molecule has 0 radical (unpaired) electrons. The second-order valence-corrected chi connectivity index (χ2v) is 2.39. The topological polar surface area (TPSA) is 0 Å². The Hall–Kier alpha value is -0.130. The van der Waals surface area contributed by atoms with Crippen LogP contribution in [0.4, 0.5) is 0 Å². The van der Waals surface area contributed by atoms with E-state index in [1.807, 2.05) is 0 Å². The van der Waals surface area contributed by atoms with Gasteiger partial charge in [0.15, 0.2) is 0 Å². The number of hydrogen-bond acceptors (Lipinski definition) is 0. The lowest BCUT2D eigenvalue weighted by Crippen LogP contribution is -1.84. The molecule has 0 aromatic heterocycles. The molecule has 0 aliphatic carbocycles. The smallest absolute Gasteiger partial charge is 0.0628 e. The van der Waals surface area contributed by atoms with E-state index in [2.05, 4.69) is 20.8 Å². The van der Waals surface area contributed by atoms with Crippen molar-refractivity contribution in [1.82, 2.24) is 0 Å². The zero-order chi connectivity index (χ0) is 5.70. The van der Waals surface area contributed by atoms with Crippen LogP contribution in [-0.4, -0.2) is 0 Å². The average molecular weight is 99.2 g/mol. The maximum Gasteiger partial charge on any atom is 0.0850 e. The molecule has 42 valence electrons. The first-order chi connectivity index (χ1) is 3.27. The first-order valence-corrected chi connectivity index (χ1v) is 3.06.